The molecule has 2 N–H and O–H groups in total. The summed E-state index contributed by atoms with van der Waals surface area (Å²) in [7, 11) is 0. The summed E-state index contributed by atoms with van der Waals surface area (Å²) in [5.74, 6) is 0. The van der Waals surface area contributed by atoms with Crippen LogP contribution in [0.25, 0.3) is 0 Å². The van der Waals surface area contributed by atoms with Crippen molar-refractivity contribution in [2.75, 3.05) is 6.54 Å². The monoisotopic (exact) mass is 210 g/mol. The van der Waals surface area contributed by atoms with Gasteiger partial charge in [0.1, 0.15) is 0 Å². The van der Waals surface area contributed by atoms with Gasteiger partial charge in [0.2, 0.25) is 0 Å². The van der Waals surface area contributed by atoms with Gasteiger partial charge >= 0.3 is 0 Å². The zero-order chi connectivity index (χ0) is 11.7. The van der Waals surface area contributed by atoms with Gasteiger partial charge < -0.3 is 5.73 Å². The summed E-state index contributed by atoms with van der Waals surface area (Å²) in [6, 6.07) is 0.339. The highest BCUT2D eigenvalue weighted by Gasteiger charge is 2.44. The van der Waals surface area contributed by atoms with Crippen molar-refractivity contribution in [1.82, 2.24) is 4.90 Å². The van der Waals surface area contributed by atoms with Gasteiger partial charge in [-0.2, -0.15) is 0 Å². The number of likely N-dealkylation sites (tertiary alicyclic amines) is 1. The zero-order valence-corrected chi connectivity index (χ0v) is 10.7. The van der Waals surface area contributed by atoms with E-state index in [1.54, 1.807) is 0 Å². The largest absolute Gasteiger partial charge is 0.328 e. The quantitative estimate of drug-likeness (QED) is 0.725. The molecule has 15 heavy (non-hydrogen) atoms. The second kappa shape index (κ2) is 4.26. The van der Waals surface area contributed by atoms with Crippen LogP contribution in [0.5, 0.6) is 0 Å². The summed E-state index contributed by atoms with van der Waals surface area (Å²) in [5.41, 5.74) is 6.59. The van der Waals surface area contributed by atoms with Crippen molar-refractivity contribution in [3.63, 3.8) is 0 Å². The fraction of sp³-hybridized carbons (Fsp3) is 0.846. The second-order valence-corrected chi connectivity index (χ2v) is 5.73. The molecule has 0 spiro atoms. The third kappa shape index (κ3) is 2.43. The molecule has 1 aliphatic heterocycles. The maximum atomic E-state index is 6.17. The number of hydrogen-bond acceptors (Lipinski definition) is 2. The lowest BCUT2D eigenvalue weighted by molar-refractivity contribution is -0.0374. The first-order valence-corrected chi connectivity index (χ1v) is 6.00. The van der Waals surface area contributed by atoms with E-state index in [9.17, 15) is 0 Å². The van der Waals surface area contributed by atoms with E-state index in [1.165, 1.54) is 0 Å². The van der Waals surface area contributed by atoms with Crippen LogP contribution in [-0.4, -0.2) is 28.6 Å². The Bertz CT molecular complexity index is 235. The number of hydrogen-bond donors (Lipinski definition) is 1. The van der Waals surface area contributed by atoms with Crippen molar-refractivity contribution >= 4 is 0 Å². The molecule has 1 fully saturated rings. The van der Waals surface area contributed by atoms with Crippen molar-refractivity contribution in [2.24, 2.45) is 5.73 Å². The first-order chi connectivity index (χ1) is 6.85. The van der Waals surface area contributed by atoms with Gasteiger partial charge in [0.15, 0.2) is 0 Å². The second-order valence-electron chi connectivity index (χ2n) is 5.73. The van der Waals surface area contributed by atoms with Crippen molar-refractivity contribution in [3.05, 3.63) is 12.7 Å². The molecular formula is C13H26N2. The van der Waals surface area contributed by atoms with Gasteiger partial charge in [0.05, 0.1) is 0 Å². The minimum atomic E-state index is 0.191. The van der Waals surface area contributed by atoms with Gasteiger partial charge in [-0.15, -0.1) is 6.58 Å². The standard InChI is InChI=1S/C13H26N2/c1-6-8-15-12(3,4)9-11(14)10-13(15,5)7-2/h6,11H,1,7-10,14H2,2-5H3. The van der Waals surface area contributed by atoms with Gasteiger partial charge in [-0.3, -0.25) is 4.90 Å². The highest BCUT2D eigenvalue weighted by Crippen LogP contribution is 2.39. The van der Waals surface area contributed by atoms with Crippen molar-refractivity contribution in [2.45, 2.75) is 64.1 Å². The molecule has 1 saturated heterocycles. The molecule has 0 bridgehead atoms. The van der Waals surface area contributed by atoms with E-state index < -0.39 is 0 Å². The molecule has 2 unspecified atom stereocenters. The maximum absolute atomic E-state index is 6.17. The van der Waals surface area contributed by atoms with Crippen LogP contribution in [0.15, 0.2) is 12.7 Å². The first kappa shape index (κ1) is 12.7. The maximum Gasteiger partial charge on any atom is 0.0202 e. The summed E-state index contributed by atoms with van der Waals surface area (Å²) >= 11 is 0. The van der Waals surface area contributed by atoms with E-state index >= 15 is 0 Å². The highest BCUT2D eigenvalue weighted by molar-refractivity contribution is 5.04. The van der Waals surface area contributed by atoms with E-state index in [2.05, 4.69) is 39.2 Å². The molecule has 1 aliphatic rings. The van der Waals surface area contributed by atoms with Crippen LogP contribution in [0.4, 0.5) is 0 Å². The summed E-state index contributed by atoms with van der Waals surface area (Å²) in [6.45, 7) is 14.0. The normalized spacial score (nSPS) is 36.5. The van der Waals surface area contributed by atoms with E-state index in [-0.39, 0.29) is 11.1 Å². The summed E-state index contributed by atoms with van der Waals surface area (Å²) in [6.07, 6.45) is 5.33. The third-order valence-corrected chi connectivity index (χ3v) is 3.92. The highest BCUT2D eigenvalue weighted by atomic mass is 15.3. The third-order valence-electron chi connectivity index (χ3n) is 3.92. The van der Waals surface area contributed by atoms with E-state index in [4.69, 9.17) is 5.73 Å². The van der Waals surface area contributed by atoms with Crippen molar-refractivity contribution < 1.29 is 0 Å². The van der Waals surface area contributed by atoms with Crippen molar-refractivity contribution in [1.29, 1.82) is 0 Å². The molecule has 1 rings (SSSR count). The molecule has 0 aromatic rings. The van der Waals surface area contributed by atoms with Crippen LogP contribution in [-0.2, 0) is 0 Å². The molecule has 2 atom stereocenters. The van der Waals surface area contributed by atoms with E-state index in [0.717, 1.165) is 25.8 Å². The molecule has 2 heteroatoms. The Morgan fingerprint density at radius 1 is 1.40 bits per heavy atom. The summed E-state index contributed by atoms with van der Waals surface area (Å²) in [4.78, 5) is 2.57. The summed E-state index contributed by atoms with van der Waals surface area (Å²) in [5, 5.41) is 0. The Labute approximate surface area is 94.5 Å². The molecule has 1 heterocycles. The molecule has 0 radical (unpaired) electrons. The van der Waals surface area contributed by atoms with E-state index in [1.807, 2.05) is 6.08 Å². The number of nitrogens with two attached hydrogens (primary N) is 1. The van der Waals surface area contributed by atoms with Gasteiger partial charge in [0, 0.05) is 23.7 Å². The zero-order valence-electron chi connectivity index (χ0n) is 10.7. The Hall–Kier alpha value is -0.340. The average Bonchev–Trinajstić information content (AvgIpc) is 2.10. The van der Waals surface area contributed by atoms with Crippen LogP contribution in [0, 0.1) is 0 Å². The predicted molar refractivity (Wildman–Crippen MR) is 66.9 cm³/mol. The minimum Gasteiger partial charge on any atom is -0.328 e. The lowest BCUT2D eigenvalue weighted by Gasteiger charge is -2.55. The number of rotatable bonds is 3. The van der Waals surface area contributed by atoms with E-state index in [0.29, 0.717) is 6.04 Å². The van der Waals surface area contributed by atoms with Gasteiger partial charge in [-0.1, -0.05) is 13.0 Å². The number of piperidine rings is 1. The minimum absolute atomic E-state index is 0.191. The molecule has 0 amide bonds. The lowest BCUT2D eigenvalue weighted by atomic mass is 9.75. The predicted octanol–water partition coefficient (Wildman–Crippen LogP) is 2.54. The fourth-order valence-electron chi connectivity index (χ4n) is 3.16. The van der Waals surface area contributed by atoms with Crippen LogP contribution in [0.1, 0.15) is 47.0 Å². The van der Waals surface area contributed by atoms with Crippen molar-refractivity contribution in [3.8, 4) is 0 Å². The molecule has 0 saturated carbocycles. The molecule has 0 aromatic heterocycles. The van der Waals surface area contributed by atoms with Gasteiger partial charge in [-0.25, -0.2) is 0 Å². The Balaban J connectivity index is 2.97. The Kier molecular flexibility index (Phi) is 3.62. The van der Waals surface area contributed by atoms with Crippen LogP contribution >= 0.6 is 0 Å². The SMILES string of the molecule is C=CCN1C(C)(C)CC(N)CC1(C)CC. The van der Waals surface area contributed by atoms with Gasteiger partial charge in [-0.05, 0) is 40.0 Å². The fourth-order valence-corrected chi connectivity index (χ4v) is 3.16. The topological polar surface area (TPSA) is 29.3 Å². The first-order valence-electron chi connectivity index (χ1n) is 6.00. The Morgan fingerprint density at radius 2 is 2.00 bits per heavy atom. The molecule has 2 nitrogen and oxygen atoms in total. The molecule has 0 aromatic carbocycles. The molecular weight excluding hydrogens is 184 g/mol. The Morgan fingerprint density at radius 3 is 2.47 bits per heavy atom. The van der Waals surface area contributed by atoms with Gasteiger partial charge in [0.25, 0.3) is 0 Å². The smallest absolute Gasteiger partial charge is 0.0202 e. The number of nitrogens with zero attached hydrogens (tertiary/aromatic N) is 1. The average molecular weight is 210 g/mol. The van der Waals surface area contributed by atoms with Crippen LogP contribution in [0.2, 0.25) is 0 Å². The van der Waals surface area contributed by atoms with Crippen LogP contribution in [0.3, 0.4) is 0 Å². The summed E-state index contributed by atoms with van der Waals surface area (Å²) < 4.78 is 0. The molecule has 88 valence electrons. The lowest BCUT2D eigenvalue weighted by Crippen LogP contribution is -2.64. The molecule has 0 aliphatic carbocycles. The van der Waals surface area contributed by atoms with Crippen LogP contribution < -0.4 is 5.73 Å².